The van der Waals surface area contributed by atoms with E-state index in [0.717, 1.165) is 36.1 Å². The fourth-order valence-corrected chi connectivity index (χ4v) is 4.71. The van der Waals surface area contributed by atoms with Crippen LogP contribution < -0.4 is 5.32 Å². The molecule has 0 fully saturated rings. The van der Waals surface area contributed by atoms with Crippen LogP contribution in [-0.2, 0) is 12.8 Å². The van der Waals surface area contributed by atoms with Crippen LogP contribution in [0.4, 0.5) is 5.69 Å². The number of amides is 1. The van der Waals surface area contributed by atoms with Gasteiger partial charge >= 0.3 is 0 Å². The fourth-order valence-electron chi connectivity index (χ4n) is 3.37. The molecule has 4 heteroatoms. The Labute approximate surface area is 153 Å². The van der Waals surface area contributed by atoms with E-state index >= 15 is 0 Å². The lowest BCUT2D eigenvalue weighted by atomic mass is 9.72. The molecule has 2 nitrogen and oxygen atoms in total. The lowest BCUT2D eigenvalue weighted by Gasteiger charge is -2.34. The molecule has 24 heavy (non-hydrogen) atoms. The van der Waals surface area contributed by atoms with Crippen molar-refractivity contribution in [2.45, 2.75) is 47.0 Å². The standard InChI is InChI=1S/C20H24ClNOS/c1-12-16(21)6-5-7-17(12)22-19(23)15-11-24-18-10-13(20(2,3)4)8-9-14(15)18/h5-7,11,13H,8-10H2,1-4H3,(H,22,23). The number of thiophene rings is 1. The molecule has 128 valence electrons. The van der Waals surface area contributed by atoms with Crippen molar-refractivity contribution < 1.29 is 4.79 Å². The van der Waals surface area contributed by atoms with Crippen LogP contribution in [0.3, 0.4) is 0 Å². The summed E-state index contributed by atoms with van der Waals surface area (Å²) in [7, 11) is 0. The molecule has 1 aliphatic carbocycles. The summed E-state index contributed by atoms with van der Waals surface area (Å²) in [6, 6.07) is 5.60. The number of carbonyl (C=O) groups is 1. The van der Waals surface area contributed by atoms with Crippen LogP contribution in [0, 0.1) is 18.3 Å². The molecule has 1 heterocycles. The predicted octanol–water partition coefficient (Wildman–Crippen LogP) is 6.11. The molecule has 1 aromatic heterocycles. The van der Waals surface area contributed by atoms with Crippen LogP contribution in [-0.4, -0.2) is 5.91 Å². The maximum atomic E-state index is 12.7. The highest BCUT2D eigenvalue weighted by atomic mass is 35.5. The number of anilines is 1. The molecule has 2 aromatic rings. The Bertz CT molecular complexity index is 772. The van der Waals surface area contributed by atoms with Crippen molar-refractivity contribution in [3.8, 4) is 0 Å². The number of nitrogens with one attached hydrogen (secondary N) is 1. The second-order valence-corrected chi connectivity index (χ2v) is 9.09. The lowest BCUT2D eigenvalue weighted by Crippen LogP contribution is -2.27. The van der Waals surface area contributed by atoms with E-state index in [9.17, 15) is 4.79 Å². The topological polar surface area (TPSA) is 29.1 Å². The largest absolute Gasteiger partial charge is 0.322 e. The number of carbonyl (C=O) groups excluding carboxylic acids is 1. The highest BCUT2D eigenvalue weighted by molar-refractivity contribution is 7.10. The van der Waals surface area contributed by atoms with Gasteiger partial charge in [-0.05, 0) is 60.8 Å². The van der Waals surface area contributed by atoms with E-state index in [2.05, 4.69) is 26.1 Å². The first-order valence-corrected chi connectivity index (χ1v) is 9.69. The summed E-state index contributed by atoms with van der Waals surface area (Å²) >= 11 is 7.88. The highest BCUT2D eigenvalue weighted by Crippen LogP contribution is 2.40. The normalized spacial score (nSPS) is 17.5. The van der Waals surface area contributed by atoms with E-state index in [-0.39, 0.29) is 5.91 Å². The molecule has 1 N–H and O–H groups in total. The zero-order valence-corrected chi connectivity index (χ0v) is 16.3. The maximum Gasteiger partial charge on any atom is 0.256 e. The summed E-state index contributed by atoms with van der Waals surface area (Å²) in [6.07, 6.45) is 3.24. The first kappa shape index (κ1) is 17.5. The average molecular weight is 362 g/mol. The molecular formula is C20H24ClNOS. The first-order valence-electron chi connectivity index (χ1n) is 8.43. The van der Waals surface area contributed by atoms with E-state index < -0.39 is 0 Å². The van der Waals surface area contributed by atoms with Crippen molar-refractivity contribution in [2.24, 2.45) is 11.3 Å². The van der Waals surface area contributed by atoms with Crippen LogP contribution >= 0.6 is 22.9 Å². The Balaban J connectivity index is 1.81. The van der Waals surface area contributed by atoms with Gasteiger partial charge in [-0.15, -0.1) is 11.3 Å². The monoisotopic (exact) mass is 361 g/mol. The Hall–Kier alpha value is -1.32. The number of hydrogen-bond donors (Lipinski definition) is 1. The van der Waals surface area contributed by atoms with Gasteiger partial charge in [0.05, 0.1) is 5.56 Å². The van der Waals surface area contributed by atoms with Gasteiger partial charge in [0.2, 0.25) is 0 Å². The molecule has 0 spiro atoms. The van der Waals surface area contributed by atoms with Crippen molar-refractivity contribution >= 4 is 34.5 Å². The molecule has 0 saturated carbocycles. The Kier molecular flexibility index (Phi) is 4.76. The zero-order valence-electron chi connectivity index (χ0n) is 14.7. The SMILES string of the molecule is Cc1c(Cl)cccc1NC(=O)c1csc2c1CCC(C(C)(C)C)C2. The van der Waals surface area contributed by atoms with E-state index in [1.165, 1.54) is 10.4 Å². The fraction of sp³-hybridized carbons (Fsp3) is 0.450. The predicted molar refractivity (Wildman–Crippen MR) is 103 cm³/mol. The van der Waals surface area contributed by atoms with Crippen molar-refractivity contribution in [1.82, 2.24) is 0 Å². The molecule has 1 amide bonds. The van der Waals surface area contributed by atoms with Gasteiger partial charge in [-0.2, -0.15) is 0 Å². The van der Waals surface area contributed by atoms with E-state index in [4.69, 9.17) is 11.6 Å². The lowest BCUT2D eigenvalue weighted by molar-refractivity contribution is 0.102. The Morgan fingerprint density at radius 1 is 1.33 bits per heavy atom. The van der Waals surface area contributed by atoms with Gasteiger partial charge in [0.25, 0.3) is 5.91 Å². The summed E-state index contributed by atoms with van der Waals surface area (Å²) in [6.45, 7) is 8.86. The summed E-state index contributed by atoms with van der Waals surface area (Å²) in [5.41, 5.74) is 4.10. The third-order valence-electron chi connectivity index (χ3n) is 5.14. The minimum Gasteiger partial charge on any atom is -0.322 e. The number of hydrogen-bond acceptors (Lipinski definition) is 2. The molecule has 1 atom stereocenters. The molecule has 0 aliphatic heterocycles. The molecule has 1 unspecified atom stereocenters. The molecular weight excluding hydrogens is 338 g/mol. The van der Waals surface area contributed by atoms with Crippen molar-refractivity contribution in [3.63, 3.8) is 0 Å². The maximum absolute atomic E-state index is 12.7. The number of rotatable bonds is 2. The van der Waals surface area contributed by atoms with Crippen LogP contribution in [0.25, 0.3) is 0 Å². The number of halogens is 1. The quantitative estimate of drug-likeness (QED) is 0.686. The average Bonchev–Trinajstić information content (AvgIpc) is 2.94. The summed E-state index contributed by atoms with van der Waals surface area (Å²) < 4.78 is 0. The van der Waals surface area contributed by atoms with Crippen LogP contribution in [0.1, 0.15) is 53.6 Å². The van der Waals surface area contributed by atoms with Gasteiger partial charge in [0, 0.05) is 21.0 Å². The first-order chi connectivity index (χ1) is 11.3. The second-order valence-electron chi connectivity index (χ2n) is 7.72. The van der Waals surface area contributed by atoms with Crippen molar-refractivity contribution in [2.75, 3.05) is 5.32 Å². The third kappa shape index (κ3) is 3.38. The summed E-state index contributed by atoms with van der Waals surface area (Å²) in [5.74, 6) is 0.668. The molecule has 3 rings (SSSR count). The number of fused-ring (bicyclic) bond motifs is 1. The smallest absolute Gasteiger partial charge is 0.256 e. The zero-order chi connectivity index (χ0) is 17.5. The molecule has 0 bridgehead atoms. The third-order valence-corrected chi connectivity index (χ3v) is 6.60. The molecule has 1 aliphatic rings. The van der Waals surface area contributed by atoms with Gasteiger partial charge in [-0.25, -0.2) is 0 Å². The molecule has 1 aromatic carbocycles. The molecule has 0 radical (unpaired) electrons. The van der Waals surface area contributed by atoms with Gasteiger partial charge in [-0.3, -0.25) is 4.79 Å². The van der Waals surface area contributed by atoms with E-state index in [1.54, 1.807) is 11.3 Å². The van der Waals surface area contributed by atoms with Crippen molar-refractivity contribution in [1.29, 1.82) is 0 Å². The minimum atomic E-state index is -0.0212. The summed E-state index contributed by atoms with van der Waals surface area (Å²) in [5, 5.41) is 5.72. The molecule has 0 saturated heterocycles. The highest BCUT2D eigenvalue weighted by Gasteiger charge is 2.31. The van der Waals surface area contributed by atoms with Gasteiger partial charge in [0.15, 0.2) is 0 Å². The van der Waals surface area contributed by atoms with Crippen LogP contribution in [0.2, 0.25) is 5.02 Å². The summed E-state index contributed by atoms with van der Waals surface area (Å²) in [4.78, 5) is 14.1. The van der Waals surface area contributed by atoms with Crippen LogP contribution in [0.5, 0.6) is 0 Å². The Morgan fingerprint density at radius 3 is 2.79 bits per heavy atom. The van der Waals surface area contributed by atoms with Gasteiger partial charge in [-0.1, -0.05) is 38.4 Å². The van der Waals surface area contributed by atoms with E-state index in [0.29, 0.717) is 16.4 Å². The minimum absolute atomic E-state index is 0.0212. The van der Waals surface area contributed by atoms with Crippen molar-refractivity contribution in [3.05, 3.63) is 50.2 Å². The Morgan fingerprint density at radius 2 is 2.08 bits per heavy atom. The van der Waals surface area contributed by atoms with E-state index in [1.807, 2.05) is 30.5 Å². The van der Waals surface area contributed by atoms with Crippen LogP contribution in [0.15, 0.2) is 23.6 Å². The number of benzene rings is 1. The second kappa shape index (κ2) is 6.53. The van der Waals surface area contributed by atoms with Gasteiger partial charge in [0.1, 0.15) is 0 Å². The van der Waals surface area contributed by atoms with Gasteiger partial charge < -0.3 is 5.32 Å².